The molecular formula is C4H13N3O2. The maximum Gasteiger partial charge on any atom is 0.402 e. The molecule has 0 rings (SSSR count). The highest BCUT2D eigenvalue weighted by atomic mass is 16.4. The summed E-state index contributed by atoms with van der Waals surface area (Å²) in [6.45, 7) is 1.95. The van der Waals surface area contributed by atoms with Gasteiger partial charge in [-0.05, 0) is 6.42 Å². The number of nitrogens with two attached hydrogens (primary N) is 3. The molecule has 0 saturated heterocycles. The van der Waals surface area contributed by atoms with Crippen molar-refractivity contribution >= 4 is 6.09 Å². The molecule has 0 aliphatic rings. The summed E-state index contributed by atoms with van der Waals surface area (Å²) in [5.41, 5.74) is 14.2. The van der Waals surface area contributed by atoms with E-state index in [2.05, 4.69) is 5.73 Å². The summed E-state index contributed by atoms with van der Waals surface area (Å²) < 4.78 is 0. The van der Waals surface area contributed by atoms with E-state index in [0.29, 0.717) is 0 Å². The summed E-state index contributed by atoms with van der Waals surface area (Å²) in [4.78, 5) is 8.78. The molecule has 5 nitrogen and oxygen atoms in total. The zero-order chi connectivity index (χ0) is 7.86. The second kappa shape index (κ2) is 7.19. The Morgan fingerprint density at radius 2 is 1.78 bits per heavy atom. The molecule has 0 heterocycles. The van der Waals surface area contributed by atoms with Crippen LogP contribution in [0.3, 0.4) is 0 Å². The van der Waals surface area contributed by atoms with Crippen molar-refractivity contribution in [2.24, 2.45) is 17.2 Å². The van der Waals surface area contributed by atoms with Gasteiger partial charge in [-0.2, -0.15) is 0 Å². The number of rotatable bonds is 1. The van der Waals surface area contributed by atoms with Gasteiger partial charge in [0.2, 0.25) is 0 Å². The van der Waals surface area contributed by atoms with Crippen molar-refractivity contribution in [2.45, 2.75) is 19.5 Å². The van der Waals surface area contributed by atoms with Gasteiger partial charge in [-0.3, -0.25) is 0 Å². The monoisotopic (exact) mass is 135 g/mol. The maximum absolute atomic E-state index is 8.78. The van der Waals surface area contributed by atoms with Crippen molar-refractivity contribution < 1.29 is 9.90 Å². The summed E-state index contributed by atoms with van der Waals surface area (Å²) >= 11 is 0. The number of primary amides is 1. The van der Waals surface area contributed by atoms with Crippen LogP contribution in [0.15, 0.2) is 0 Å². The number of carboxylic acid groups (broad SMARTS) is 1. The molecule has 0 fully saturated rings. The minimum absolute atomic E-state index is 0.116. The summed E-state index contributed by atoms with van der Waals surface area (Å²) in [6, 6.07) is 0. The Hall–Kier alpha value is -0.810. The summed E-state index contributed by atoms with van der Waals surface area (Å²) in [6.07, 6.45) is -0.588. The lowest BCUT2D eigenvalue weighted by Gasteiger charge is -1.92. The van der Waals surface area contributed by atoms with Gasteiger partial charge in [0.25, 0.3) is 0 Å². The molecule has 5 heteroatoms. The zero-order valence-corrected chi connectivity index (χ0v) is 5.37. The van der Waals surface area contributed by atoms with Gasteiger partial charge in [-0.15, -0.1) is 0 Å². The first-order valence-electron chi connectivity index (χ1n) is 2.50. The molecule has 0 aliphatic heterocycles. The van der Waals surface area contributed by atoms with Crippen LogP contribution in [0, 0.1) is 0 Å². The Kier molecular flexibility index (Phi) is 8.83. The molecule has 7 N–H and O–H groups in total. The number of amides is 1. The fourth-order valence-corrected chi connectivity index (χ4v) is 0. The molecule has 0 unspecified atom stereocenters. The third-order valence-corrected chi connectivity index (χ3v) is 0.471. The van der Waals surface area contributed by atoms with Gasteiger partial charge in [0, 0.05) is 0 Å². The largest absolute Gasteiger partial charge is 0.465 e. The van der Waals surface area contributed by atoms with Gasteiger partial charge in [0.05, 0.1) is 6.17 Å². The van der Waals surface area contributed by atoms with Crippen LogP contribution in [0.5, 0.6) is 0 Å². The Balaban J connectivity index is 0. The topological polar surface area (TPSA) is 115 Å². The third kappa shape index (κ3) is 137. The quantitative estimate of drug-likeness (QED) is 0.354. The maximum atomic E-state index is 8.78. The van der Waals surface area contributed by atoms with Crippen molar-refractivity contribution in [1.29, 1.82) is 0 Å². The molecule has 0 aromatic heterocycles. The van der Waals surface area contributed by atoms with Gasteiger partial charge in [-0.25, -0.2) is 4.79 Å². The highest BCUT2D eigenvalue weighted by Crippen LogP contribution is 1.68. The Bertz CT molecular complexity index is 70.2. The standard InChI is InChI=1S/C3H10N2.CH3NO2/c1-2-3(4)5;2-1(3)4/h3H,2,4-5H2,1H3;2H2,(H,3,4). The van der Waals surface area contributed by atoms with E-state index < -0.39 is 6.09 Å². The van der Waals surface area contributed by atoms with E-state index in [4.69, 9.17) is 21.4 Å². The molecule has 0 aliphatic carbocycles. The molecule has 0 radical (unpaired) electrons. The number of hydrogen-bond acceptors (Lipinski definition) is 3. The second-order valence-corrected chi connectivity index (χ2v) is 1.41. The summed E-state index contributed by atoms with van der Waals surface area (Å²) in [5.74, 6) is 0. The van der Waals surface area contributed by atoms with Gasteiger partial charge in [-0.1, -0.05) is 6.92 Å². The van der Waals surface area contributed by atoms with Crippen LogP contribution in [0.1, 0.15) is 13.3 Å². The lowest BCUT2D eigenvalue weighted by atomic mass is 10.4. The molecule has 0 spiro atoms. The summed E-state index contributed by atoms with van der Waals surface area (Å²) in [5, 5.41) is 7.19. The molecule has 0 aromatic carbocycles. The number of carbonyl (C=O) groups is 1. The van der Waals surface area contributed by atoms with Gasteiger partial charge in [0.15, 0.2) is 0 Å². The normalized spacial score (nSPS) is 8.00. The molecule has 0 atom stereocenters. The van der Waals surface area contributed by atoms with Crippen molar-refractivity contribution in [2.75, 3.05) is 0 Å². The van der Waals surface area contributed by atoms with Gasteiger partial charge >= 0.3 is 6.09 Å². The lowest BCUT2D eigenvalue weighted by Crippen LogP contribution is -2.28. The Morgan fingerprint density at radius 1 is 1.67 bits per heavy atom. The van der Waals surface area contributed by atoms with Gasteiger partial charge in [0.1, 0.15) is 0 Å². The number of hydrogen-bond donors (Lipinski definition) is 4. The Morgan fingerprint density at radius 3 is 1.78 bits per heavy atom. The van der Waals surface area contributed by atoms with Crippen LogP contribution >= 0.6 is 0 Å². The van der Waals surface area contributed by atoms with Crippen LogP contribution in [-0.2, 0) is 0 Å². The van der Waals surface area contributed by atoms with E-state index in [1.807, 2.05) is 6.92 Å². The van der Waals surface area contributed by atoms with Gasteiger partial charge < -0.3 is 22.3 Å². The average molecular weight is 135 g/mol. The smallest absolute Gasteiger partial charge is 0.402 e. The van der Waals surface area contributed by atoms with Crippen molar-refractivity contribution in [3.63, 3.8) is 0 Å². The predicted molar refractivity (Wildman–Crippen MR) is 34.7 cm³/mol. The molecular weight excluding hydrogens is 122 g/mol. The highest BCUT2D eigenvalue weighted by molar-refractivity contribution is 5.61. The van der Waals surface area contributed by atoms with E-state index in [9.17, 15) is 0 Å². The third-order valence-electron chi connectivity index (χ3n) is 0.471. The lowest BCUT2D eigenvalue weighted by molar-refractivity contribution is 0.205. The summed E-state index contributed by atoms with van der Waals surface area (Å²) in [7, 11) is 0. The average Bonchev–Trinajstić information content (AvgIpc) is 1.65. The van der Waals surface area contributed by atoms with E-state index in [-0.39, 0.29) is 6.17 Å². The molecule has 9 heavy (non-hydrogen) atoms. The van der Waals surface area contributed by atoms with Crippen molar-refractivity contribution in [3.05, 3.63) is 0 Å². The van der Waals surface area contributed by atoms with Crippen molar-refractivity contribution in [3.8, 4) is 0 Å². The van der Waals surface area contributed by atoms with Crippen molar-refractivity contribution in [1.82, 2.24) is 0 Å². The SMILES string of the molecule is CCC(N)N.NC(=O)O. The predicted octanol–water partition coefficient (Wildman–Crippen LogP) is -0.737. The highest BCUT2D eigenvalue weighted by Gasteiger charge is 1.79. The van der Waals surface area contributed by atoms with E-state index in [1.54, 1.807) is 0 Å². The van der Waals surface area contributed by atoms with E-state index in [0.717, 1.165) is 6.42 Å². The van der Waals surface area contributed by atoms with Crippen LogP contribution in [0.4, 0.5) is 4.79 Å². The first-order valence-corrected chi connectivity index (χ1v) is 2.50. The molecule has 56 valence electrons. The first-order chi connectivity index (χ1) is 4.00. The van der Waals surface area contributed by atoms with Crippen LogP contribution in [-0.4, -0.2) is 17.4 Å². The minimum Gasteiger partial charge on any atom is -0.465 e. The fourth-order valence-electron chi connectivity index (χ4n) is 0. The molecule has 0 saturated carbocycles. The second-order valence-electron chi connectivity index (χ2n) is 1.41. The molecule has 0 bridgehead atoms. The Labute approximate surface area is 53.8 Å². The molecule has 1 amide bonds. The first kappa shape index (κ1) is 11.0. The van der Waals surface area contributed by atoms with E-state index >= 15 is 0 Å². The minimum atomic E-state index is -1.33. The van der Waals surface area contributed by atoms with Crippen LogP contribution in [0.2, 0.25) is 0 Å². The van der Waals surface area contributed by atoms with E-state index in [1.165, 1.54) is 0 Å². The van der Waals surface area contributed by atoms with Crippen LogP contribution in [0.25, 0.3) is 0 Å². The fraction of sp³-hybridized carbons (Fsp3) is 0.750. The van der Waals surface area contributed by atoms with Crippen LogP contribution < -0.4 is 17.2 Å². The molecule has 0 aromatic rings. The zero-order valence-electron chi connectivity index (χ0n) is 5.37.